The first-order valence-corrected chi connectivity index (χ1v) is 9.26. The van der Waals surface area contributed by atoms with E-state index in [9.17, 15) is 13.2 Å². The van der Waals surface area contributed by atoms with Gasteiger partial charge in [0.25, 0.3) is 5.91 Å². The van der Waals surface area contributed by atoms with Gasteiger partial charge in [-0.3, -0.25) is 4.79 Å². The van der Waals surface area contributed by atoms with Crippen molar-refractivity contribution in [2.75, 3.05) is 18.7 Å². The minimum Gasteiger partial charge on any atom is -0.480 e. The fourth-order valence-electron chi connectivity index (χ4n) is 2.73. The zero-order valence-corrected chi connectivity index (χ0v) is 14.0. The Bertz CT molecular complexity index is 669. The first kappa shape index (κ1) is 17.5. The van der Waals surface area contributed by atoms with E-state index in [4.69, 9.17) is 10.5 Å². The number of carbonyl (C=O) groups excluding carboxylic acids is 1. The lowest BCUT2D eigenvalue weighted by Crippen LogP contribution is -2.39. The van der Waals surface area contributed by atoms with Crippen LogP contribution in [-0.2, 0) is 10.0 Å². The van der Waals surface area contributed by atoms with Gasteiger partial charge in [0.2, 0.25) is 15.9 Å². The number of carbonyl (C=O) groups is 1. The number of anilines is 1. The van der Waals surface area contributed by atoms with Crippen LogP contribution in [0, 0.1) is 0 Å². The largest absolute Gasteiger partial charge is 0.480 e. The summed E-state index contributed by atoms with van der Waals surface area (Å²) in [5.74, 6) is 0.203. The van der Waals surface area contributed by atoms with Gasteiger partial charge >= 0.3 is 0 Å². The van der Waals surface area contributed by atoms with Gasteiger partial charge in [0.05, 0.1) is 13.4 Å². The summed E-state index contributed by atoms with van der Waals surface area (Å²) in [6.45, 7) is 0. The van der Waals surface area contributed by atoms with Crippen LogP contribution in [0.1, 0.15) is 36.0 Å². The highest BCUT2D eigenvalue weighted by Gasteiger charge is 2.23. The molecule has 128 valence electrons. The fraction of sp³-hybridized carbons (Fsp3) is 0.571. The average molecular weight is 342 g/mol. The van der Waals surface area contributed by atoms with E-state index in [1.165, 1.54) is 13.4 Å². The molecular formula is C14H22N4O4S. The van der Waals surface area contributed by atoms with Crippen LogP contribution in [0.15, 0.2) is 12.1 Å². The number of primary amides is 1. The van der Waals surface area contributed by atoms with E-state index >= 15 is 0 Å². The molecule has 0 aliphatic heterocycles. The van der Waals surface area contributed by atoms with E-state index in [2.05, 4.69) is 15.0 Å². The van der Waals surface area contributed by atoms with Gasteiger partial charge in [0.1, 0.15) is 11.4 Å². The van der Waals surface area contributed by atoms with Crippen molar-refractivity contribution in [3.8, 4) is 5.88 Å². The lowest BCUT2D eigenvalue weighted by molar-refractivity contribution is 0.0996. The van der Waals surface area contributed by atoms with E-state index in [0.717, 1.165) is 25.7 Å². The van der Waals surface area contributed by atoms with Gasteiger partial charge in [-0.05, 0) is 37.8 Å². The highest BCUT2D eigenvalue weighted by atomic mass is 32.2. The Labute approximate surface area is 135 Å². The highest BCUT2D eigenvalue weighted by Crippen LogP contribution is 2.24. The number of rotatable bonds is 6. The first-order chi connectivity index (χ1) is 10.8. The monoisotopic (exact) mass is 342 g/mol. The summed E-state index contributed by atoms with van der Waals surface area (Å²) >= 11 is 0. The number of ether oxygens (including phenoxy) is 1. The van der Waals surface area contributed by atoms with Gasteiger partial charge in [0, 0.05) is 12.1 Å². The van der Waals surface area contributed by atoms with Gasteiger partial charge in [-0.2, -0.15) is 4.98 Å². The number of hydrogen-bond acceptors (Lipinski definition) is 6. The van der Waals surface area contributed by atoms with Crippen LogP contribution in [0.2, 0.25) is 0 Å². The Morgan fingerprint density at radius 2 is 1.87 bits per heavy atom. The molecule has 1 aliphatic carbocycles. The molecule has 4 N–H and O–H groups in total. The molecule has 9 heteroatoms. The molecule has 1 amide bonds. The molecule has 1 saturated carbocycles. The van der Waals surface area contributed by atoms with Gasteiger partial charge < -0.3 is 15.8 Å². The zero-order valence-electron chi connectivity index (χ0n) is 13.2. The Hall–Kier alpha value is -1.87. The third kappa shape index (κ3) is 5.07. The summed E-state index contributed by atoms with van der Waals surface area (Å²) < 4.78 is 30.2. The Kier molecular flexibility index (Phi) is 5.42. The molecule has 0 unspecified atom stereocenters. The molecule has 0 spiro atoms. The Morgan fingerprint density at radius 1 is 1.26 bits per heavy atom. The lowest BCUT2D eigenvalue weighted by atomic mass is 9.92. The van der Waals surface area contributed by atoms with Gasteiger partial charge in [-0.25, -0.2) is 13.1 Å². The maximum atomic E-state index is 11.3. The fourth-order valence-corrected chi connectivity index (χ4v) is 3.57. The standard InChI is InChI=1S/C14H22N4O4S/c1-22-14-11(13(15)19)7-8-12(17-14)16-9-3-5-10(6-4-9)18-23(2,20)21/h7-10,18H,3-6H2,1-2H3,(H2,15,19)(H,16,17). The molecule has 0 bridgehead atoms. The molecule has 1 aromatic heterocycles. The van der Waals surface area contributed by atoms with Gasteiger partial charge in [0.15, 0.2) is 0 Å². The zero-order chi connectivity index (χ0) is 17.0. The van der Waals surface area contributed by atoms with Crippen LogP contribution in [0.4, 0.5) is 5.82 Å². The number of nitrogens with zero attached hydrogens (tertiary/aromatic N) is 1. The lowest BCUT2D eigenvalue weighted by Gasteiger charge is -2.29. The van der Waals surface area contributed by atoms with Gasteiger partial charge in [-0.1, -0.05) is 0 Å². The molecule has 0 aromatic carbocycles. The van der Waals surface area contributed by atoms with Crippen LogP contribution < -0.4 is 20.5 Å². The second-order valence-electron chi connectivity index (χ2n) is 5.70. The van der Waals surface area contributed by atoms with Gasteiger partial charge in [-0.15, -0.1) is 0 Å². The average Bonchev–Trinajstić information content (AvgIpc) is 2.47. The number of pyridine rings is 1. The summed E-state index contributed by atoms with van der Waals surface area (Å²) in [7, 11) is -1.73. The number of sulfonamides is 1. The maximum absolute atomic E-state index is 11.3. The second kappa shape index (κ2) is 7.14. The molecular weight excluding hydrogens is 320 g/mol. The van der Waals surface area contributed by atoms with E-state index in [1.54, 1.807) is 12.1 Å². The molecule has 1 heterocycles. The van der Waals surface area contributed by atoms with Crippen molar-refractivity contribution in [2.24, 2.45) is 5.73 Å². The van der Waals surface area contributed by atoms with Crippen molar-refractivity contribution in [3.05, 3.63) is 17.7 Å². The minimum absolute atomic E-state index is 0.0113. The summed E-state index contributed by atoms with van der Waals surface area (Å²) in [6.07, 6.45) is 4.36. The predicted octanol–water partition coefficient (Wildman–Crippen LogP) is 0.461. The topological polar surface area (TPSA) is 123 Å². The molecule has 1 aliphatic rings. The Balaban J connectivity index is 1.95. The van der Waals surface area contributed by atoms with Crippen LogP contribution >= 0.6 is 0 Å². The summed E-state index contributed by atoms with van der Waals surface area (Å²) in [5, 5.41) is 3.28. The summed E-state index contributed by atoms with van der Waals surface area (Å²) in [5.41, 5.74) is 5.49. The van der Waals surface area contributed by atoms with Crippen molar-refractivity contribution >= 4 is 21.7 Å². The third-order valence-electron chi connectivity index (χ3n) is 3.78. The van der Waals surface area contributed by atoms with Crippen LogP contribution in [0.25, 0.3) is 0 Å². The molecule has 8 nitrogen and oxygen atoms in total. The molecule has 0 radical (unpaired) electrons. The molecule has 1 aromatic rings. The molecule has 0 atom stereocenters. The molecule has 0 saturated heterocycles. The number of nitrogens with two attached hydrogens (primary N) is 1. The molecule has 2 rings (SSSR count). The highest BCUT2D eigenvalue weighted by molar-refractivity contribution is 7.88. The van der Waals surface area contributed by atoms with Crippen molar-refractivity contribution in [2.45, 2.75) is 37.8 Å². The van der Waals surface area contributed by atoms with Crippen molar-refractivity contribution < 1.29 is 17.9 Å². The van der Waals surface area contributed by atoms with Crippen molar-refractivity contribution in [3.63, 3.8) is 0 Å². The predicted molar refractivity (Wildman–Crippen MR) is 87.0 cm³/mol. The van der Waals surface area contributed by atoms with Crippen LogP contribution in [0.5, 0.6) is 5.88 Å². The number of methoxy groups -OCH3 is 1. The first-order valence-electron chi connectivity index (χ1n) is 7.37. The number of aromatic nitrogens is 1. The SMILES string of the molecule is COc1nc(NC2CCC(NS(C)(=O)=O)CC2)ccc1C(N)=O. The van der Waals surface area contributed by atoms with Crippen LogP contribution in [-0.4, -0.2) is 44.8 Å². The van der Waals surface area contributed by atoms with E-state index in [-0.39, 0.29) is 23.5 Å². The quantitative estimate of drug-likeness (QED) is 0.690. The maximum Gasteiger partial charge on any atom is 0.254 e. The molecule has 23 heavy (non-hydrogen) atoms. The van der Waals surface area contributed by atoms with E-state index < -0.39 is 15.9 Å². The summed E-state index contributed by atoms with van der Waals surface area (Å²) in [6, 6.07) is 3.45. The number of amides is 1. The van der Waals surface area contributed by atoms with E-state index in [1.807, 2.05) is 0 Å². The molecule has 1 fully saturated rings. The van der Waals surface area contributed by atoms with Crippen molar-refractivity contribution in [1.29, 1.82) is 0 Å². The normalized spacial score (nSPS) is 21.7. The summed E-state index contributed by atoms with van der Waals surface area (Å²) in [4.78, 5) is 15.5. The second-order valence-corrected chi connectivity index (χ2v) is 7.48. The minimum atomic E-state index is -3.17. The third-order valence-corrected chi connectivity index (χ3v) is 4.54. The Morgan fingerprint density at radius 3 is 2.39 bits per heavy atom. The number of nitrogens with one attached hydrogen (secondary N) is 2. The van der Waals surface area contributed by atoms with Crippen molar-refractivity contribution in [1.82, 2.24) is 9.71 Å². The number of hydrogen-bond donors (Lipinski definition) is 3. The smallest absolute Gasteiger partial charge is 0.254 e. The van der Waals surface area contributed by atoms with Crippen LogP contribution in [0.3, 0.4) is 0 Å². The van der Waals surface area contributed by atoms with E-state index in [0.29, 0.717) is 5.82 Å².